The van der Waals surface area contributed by atoms with Crippen molar-refractivity contribution in [2.45, 2.75) is 27.2 Å². The molecule has 0 radical (unpaired) electrons. The molecule has 0 saturated heterocycles. The summed E-state index contributed by atoms with van der Waals surface area (Å²) in [5.41, 5.74) is 6.79. The first-order valence-electron chi connectivity index (χ1n) is 5.57. The van der Waals surface area contributed by atoms with E-state index < -0.39 is 0 Å². The summed E-state index contributed by atoms with van der Waals surface area (Å²) in [4.78, 5) is 7.38. The monoisotopic (exact) mass is 257 g/mol. The van der Waals surface area contributed by atoms with Gasteiger partial charge in [0.2, 0.25) is 0 Å². The van der Waals surface area contributed by atoms with Gasteiger partial charge in [-0.05, 0) is 13.3 Å². The quantitative estimate of drug-likeness (QED) is 0.795. The number of thiazole rings is 1. The SMILES string of the molecule is CCc1csc(N(CC)CC(C)C(N)=S)n1. The van der Waals surface area contributed by atoms with Gasteiger partial charge in [0.1, 0.15) is 0 Å². The van der Waals surface area contributed by atoms with Crippen LogP contribution in [0.2, 0.25) is 0 Å². The van der Waals surface area contributed by atoms with Crippen molar-refractivity contribution in [1.29, 1.82) is 0 Å². The molecule has 0 aliphatic rings. The molecule has 1 atom stereocenters. The lowest BCUT2D eigenvalue weighted by Gasteiger charge is -2.23. The van der Waals surface area contributed by atoms with Crippen LogP contribution in [0, 0.1) is 5.92 Å². The van der Waals surface area contributed by atoms with E-state index in [9.17, 15) is 0 Å². The lowest BCUT2D eigenvalue weighted by atomic mass is 10.2. The maximum atomic E-state index is 5.64. The second-order valence-electron chi connectivity index (χ2n) is 3.82. The van der Waals surface area contributed by atoms with Crippen LogP contribution < -0.4 is 10.6 Å². The van der Waals surface area contributed by atoms with E-state index in [0.717, 1.165) is 30.3 Å². The van der Waals surface area contributed by atoms with Crippen molar-refractivity contribution in [1.82, 2.24) is 4.98 Å². The average Bonchev–Trinajstić information content (AvgIpc) is 2.73. The Morgan fingerprint density at radius 3 is 2.75 bits per heavy atom. The molecule has 0 amide bonds. The molecule has 16 heavy (non-hydrogen) atoms. The highest BCUT2D eigenvalue weighted by Gasteiger charge is 2.14. The van der Waals surface area contributed by atoms with Gasteiger partial charge in [-0.1, -0.05) is 26.1 Å². The molecule has 1 aromatic heterocycles. The van der Waals surface area contributed by atoms with Crippen molar-refractivity contribution in [3.63, 3.8) is 0 Å². The molecule has 1 unspecified atom stereocenters. The Hall–Kier alpha value is -0.680. The van der Waals surface area contributed by atoms with Crippen LogP contribution in [0.5, 0.6) is 0 Å². The fourth-order valence-electron chi connectivity index (χ4n) is 1.37. The summed E-state index contributed by atoms with van der Waals surface area (Å²) < 4.78 is 0. The molecule has 0 aliphatic heterocycles. The molecular weight excluding hydrogens is 238 g/mol. The van der Waals surface area contributed by atoms with Gasteiger partial charge in [0.25, 0.3) is 0 Å². The number of anilines is 1. The maximum absolute atomic E-state index is 5.64. The molecule has 1 heterocycles. The van der Waals surface area contributed by atoms with Gasteiger partial charge >= 0.3 is 0 Å². The Morgan fingerprint density at radius 2 is 2.31 bits per heavy atom. The lowest BCUT2D eigenvalue weighted by molar-refractivity contribution is 0.704. The fraction of sp³-hybridized carbons (Fsp3) is 0.636. The molecule has 0 aliphatic carbocycles. The lowest BCUT2D eigenvalue weighted by Crippen LogP contribution is -2.33. The van der Waals surface area contributed by atoms with Crippen LogP contribution in [0.15, 0.2) is 5.38 Å². The summed E-state index contributed by atoms with van der Waals surface area (Å²) in [6, 6.07) is 0. The third kappa shape index (κ3) is 3.42. The molecule has 5 heteroatoms. The van der Waals surface area contributed by atoms with Crippen molar-refractivity contribution in [3.05, 3.63) is 11.1 Å². The highest BCUT2D eigenvalue weighted by atomic mass is 32.1. The first kappa shape index (κ1) is 13.4. The van der Waals surface area contributed by atoms with Crippen molar-refractivity contribution < 1.29 is 0 Å². The fourth-order valence-corrected chi connectivity index (χ4v) is 2.42. The number of thiocarbonyl (C=S) groups is 1. The van der Waals surface area contributed by atoms with Gasteiger partial charge in [-0.15, -0.1) is 11.3 Å². The average molecular weight is 257 g/mol. The number of hydrogen-bond acceptors (Lipinski definition) is 4. The molecular formula is C11H19N3S2. The van der Waals surface area contributed by atoms with E-state index in [-0.39, 0.29) is 5.92 Å². The Kier molecular flexibility index (Phi) is 5.15. The van der Waals surface area contributed by atoms with Crippen LogP contribution in [0.25, 0.3) is 0 Å². The predicted octanol–water partition coefficient (Wildman–Crippen LogP) is 2.45. The molecule has 0 saturated carbocycles. The van der Waals surface area contributed by atoms with Crippen LogP contribution in [-0.4, -0.2) is 23.1 Å². The minimum absolute atomic E-state index is 0.226. The van der Waals surface area contributed by atoms with Crippen LogP contribution in [0.3, 0.4) is 0 Å². The normalized spacial score (nSPS) is 12.4. The molecule has 0 fully saturated rings. The number of aromatic nitrogens is 1. The second kappa shape index (κ2) is 6.15. The largest absolute Gasteiger partial charge is 0.393 e. The van der Waals surface area contributed by atoms with E-state index in [0.29, 0.717) is 4.99 Å². The van der Waals surface area contributed by atoms with Crippen LogP contribution in [-0.2, 0) is 6.42 Å². The third-order valence-electron chi connectivity index (χ3n) is 2.53. The minimum atomic E-state index is 0.226. The number of hydrogen-bond donors (Lipinski definition) is 1. The Bertz CT molecular complexity index is 349. The van der Waals surface area contributed by atoms with Crippen molar-refractivity contribution in [2.75, 3.05) is 18.0 Å². The van der Waals surface area contributed by atoms with Gasteiger partial charge in [-0.3, -0.25) is 0 Å². The van der Waals surface area contributed by atoms with Crippen molar-refractivity contribution in [3.8, 4) is 0 Å². The summed E-state index contributed by atoms with van der Waals surface area (Å²) >= 11 is 6.69. The molecule has 3 nitrogen and oxygen atoms in total. The summed E-state index contributed by atoms with van der Waals surface area (Å²) in [5, 5.41) is 3.19. The molecule has 1 rings (SSSR count). The van der Waals surface area contributed by atoms with E-state index >= 15 is 0 Å². The van der Waals surface area contributed by atoms with Gasteiger partial charge in [-0.2, -0.15) is 0 Å². The van der Waals surface area contributed by atoms with E-state index in [1.165, 1.54) is 0 Å². The summed E-state index contributed by atoms with van der Waals surface area (Å²) in [5.74, 6) is 0.226. The first-order chi connectivity index (χ1) is 7.58. The van der Waals surface area contributed by atoms with E-state index in [4.69, 9.17) is 18.0 Å². The summed E-state index contributed by atoms with van der Waals surface area (Å²) in [6.45, 7) is 8.08. The van der Waals surface area contributed by atoms with Gasteiger partial charge in [0, 0.05) is 24.4 Å². The third-order valence-corrected chi connectivity index (χ3v) is 3.89. The first-order valence-corrected chi connectivity index (χ1v) is 6.85. The summed E-state index contributed by atoms with van der Waals surface area (Å²) in [7, 11) is 0. The van der Waals surface area contributed by atoms with E-state index in [1.807, 2.05) is 0 Å². The second-order valence-corrected chi connectivity index (χ2v) is 5.12. The Balaban J connectivity index is 2.70. The molecule has 90 valence electrons. The molecule has 2 N–H and O–H groups in total. The van der Waals surface area contributed by atoms with E-state index in [1.54, 1.807) is 11.3 Å². The van der Waals surface area contributed by atoms with Crippen molar-refractivity contribution in [2.24, 2.45) is 11.7 Å². The number of nitrogens with two attached hydrogens (primary N) is 1. The van der Waals surface area contributed by atoms with Crippen molar-refractivity contribution >= 4 is 33.7 Å². The highest BCUT2D eigenvalue weighted by molar-refractivity contribution is 7.80. The predicted molar refractivity (Wildman–Crippen MR) is 75.3 cm³/mol. The van der Waals surface area contributed by atoms with Crippen LogP contribution >= 0.6 is 23.6 Å². The molecule has 1 aromatic rings. The van der Waals surface area contributed by atoms with Gasteiger partial charge < -0.3 is 10.6 Å². The van der Waals surface area contributed by atoms with Gasteiger partial charge in [0.15, 0.2) is 5.13 Å². The minimum Gasteiger partial charge on any atom is -0.393 e. The molecule has 0 spiro atoms. The smallest absolute Gasteiger partial charge is 0.185 e. The maximum Gasteiger partial charge on any atom is 0.185 e. The summed E-state index contributed by atoms with van der Waals surface area (Å²) in [6.07, 6.45) is 0.985. The Labute approximate surface area is 107 Å². The molecule has 0 bridgehead atoms. The number of nitrogens with zero attached hydrogens (tertiary/aromatic N) is 2. The topological polar surface area (TPSA) is 42.1 Å². The Morgan fingerprint density at radius 1 is 1.62 bits per heavy atom. The number of aryl methyl sites for hydroxylation is 1. The van der Waals surface area contributed by atoms with Gasteiger partial charge in [-0.25, -0.2) is 4.98 Å². The number of rotatable bonds is 6. The zero-order chi connectivity index (χ0) is 12.1. The van der Waals surface area contributed by atoms with Gasteiger partial charge in [0.05, 0.1) is 10.7 Å². The highest BCUT2D eigenvalue weighted by Crippen LogP contribution is 2.21. The zero-order valence-electron chi connectivity index (χ0n) is 10.1. The van der Waals surface area contributed by atoms with E-state index in [2.05, 4.69) is 36.0 Å². The van der Waals surface area contributed by atoms with Crippen LogP contribution in [0.4, 0.5) is 5.13 Å². The molecule has 0 aromatic carbocycles. The standard InChI is InChI=1S/C11H19N3S2/c1-4-9-7-16-11(13-9)14(5-2)6-8(3)10(12)15/h7-8H,4-6H2,1-3H3,(H2,12,15). The van der Waals surface area contributed by atoms with Crippen LogP contribution in [0.1, 0.15) is 26.5 Å². The zero-order valence-corrected chi connectivity index (χ0v) is 11.7.